The van der Waals surface area contributed by atoms with Crippen LogP contribution in [0.4, 0.5) is 0 Å². The van der Waals surface area contributed by atoms with Crippen molar-refractivity contribution in [2.45, 2.75) is 38.8 Å². The first-order chi connectivity index (χ1) is 10.1. The summed E-state index contributed by atoms with van der Waals surface area (Å²) in [7, 11) is 3.53. The van der Waals surface area contributed by atoms with E-state index in [4.69, 9.17) is 4.74 Å². The predicted octanol–water partition coefficient (Wildman–Crippen LogP) is 2.43. The van der Waals surface area contributed by atoms with Crippen LogP contribution in [-0.4, -0.2) is 37.6 Å². The maximum atomic E-state index is 12.6. The molecular weight excluding hydrogens is 264 g/mol. The van der Waals surface area contributed by atoms with Crippen molar-refractivity contribution in [1.82, 2.24) is 10.2 Å². The molecule has 1 heterocycles. The zero-order valence-electron chi connectivity index (χ0n) is 13.3. The Morgan fingerprint density at radius 3 is 3.00 bits per heavy atom. The molecule has 0 bridgehead atoms. The highest BCUT2D eigenvalue weighted by Crippen LogP contribution is 2.21. The molecular formula is C17H26N2O2. The highest BCUT2D eigenvalue weighted by atomic mass is 16.5. The van der Waals surface area contributed by atoms with E-state index < -0.39 is 0 Å². The molecule has 1 saturated heterocycles. The first-order valence-electron chi connectivity index (χ1n) is 7.75. The zero-order chi connectivity index (χ0) is 15.2. The van der Waals surface area contributed by atoms with Gasteiger partial charge in [0.05, 0.1) is 13.2 Å². The zero-order valence-corrected chi connectivity index (χ0v) is 13.3. The van der Waals surface area contributed by atoms with E-state index in [1.807, 2.05) is 36.2 Å². The summed E-state index contributed by atoms with van der Waals surface area (Å²) in [5.74, 6) is 1.69. The van der Waals surface area contributed by atoms with Crippen molar-refractivity contribution in [2.24, 2.45) is 5.92 Å². The largest absolute Gasteiger partial charge is 0.497 e. The number of nitrogens with zero attached hydrogens (tertiary/aromatic N) is 1. The summed E-state index contributed by atoms with van der Waals surface area (Å²) < 4.78 is 5.23. The Bertz CT molecular complexity index is 476. The first kappa shape index (κ1) is 15.8. The van der Waals surface area contributed by atoms with Gasteiger partial charge < -0.3 is 15.0 Å². The van der Waals surface area contributed by atoms with E-state index in [1.165, 1.54) is 6.42 Å². The van der Waals surface area contributed by atoms with Gasteiger partial charge in [-0.2, -0.15) is 0 Å². The van der Waals surface area contributed by atoms with E-state index in [2.05, 4.69) is 12.2 Å². The first-order valence-corrected chi connectivity index (χ1v) is 7.75. The molecule has 1 N–H and O–H groups in total. The Morgan fingerprint density at radius 1 is 1.48 bits per heavy atom. The molecule has 0 aromatic heterocycles. The van der Waals surface area contributed by atoms with Crippen molar-refractivity contribution in [3.8, 4) is 5.75 Å². The topological polar surface area (TPSA) is 41.6 Å². The van der Waals surface area contributed by atoms with Crippen LogP contribution in [0, 0.1) is 5.92 Å². The second-order valence-electron chi connectivity index (χ2n) is 5.85. The lowest BCUT2D eigenvalue weighted by Crippen LogP contribution is -2.49. The van der Waals surface area contributed by atoms with Crippen molar-refractivity contribution < 1.29 is 9.53 Å². The van der Waals surface area contributed by atoms with Gasteiger partial charge in [0.2, 0.25) is 5.91 Å². The Labute approximate surface area is 127 Å². The Morgan fingerprint density at radius 2 is 2.29 bits per heavy atom. The number of likely N-dealkylation sites (N-methyl/N-ethyl adjacent to an activating group) is 1. The number of nitrogens with one attached hydrogen (secondary N) is 1. The molecule has 0 radical (unpaired) electrons. The minimum Gasteiger partial charge on any atom is -0.497 e. The highest BCUT2D eigenvalue weighted by Gasteiger charge is 2.27. The molecule has 4 heteroatoms. The second-order valence-corrected chi connectivity index (χ2v) is 5.85. The maximum Gasteiger partial charge on any atom is 0.239 e. The molecule has 1 aliphatic rings. The van der Waals surface area contributed by atoms with Crippen LogP contribution in [0.25, 0.3) is 0 Å². The average molecular weight is 290 g/mol. The van der Waals surface area contributed by atoms with Crippen LogP contribution in [0.5, 0.6) is 5.75 Å². The van der Waals surface area contributed by atoms with E-state index in [-0.39, 0.29) is 11.9 Å². The molecule has 0 aliphatic carbocycles. The van der Waals surface area contributed by atoms with Crippen molar-refractivity contribution in [3.05, 3.63) is 29.8 Å². The molecule has 116 valence electrons. The average Bonchev–Trinajstić information content (AvgIpc) is 2.54. The van der Waals surface area contributed by atoms with Gasteiger partial charge in [-0.05, 0) is 43.0 Å². The maximum absolute atomic E-state index is 12.6. The van der Waals surface area contributed by atoms with Crippen LogP contribution >= 0.6 is 0 Å². The Balaban J connectivity index is 1.95. The van der Waals surface area contributed by atoms with E-state index >= 15 is 0 Å². The highest BCUT2D eigenvalue weighted by molar-refractivity contribution is 5.81. The van der Waals surface area contributed by atoms with Gasteiger partial charge in [-0.15, -0.1) is 0 Å². The fourth-order valence-electron chi connectivity index (χ4n) is 2.94. The molecule has 2 rings (SSSR count). The third kappa shape index (κ3) is 4.21. The molecule has 1 aromatic carbocycles. The van der Waals surface area contributed by atoms with Gasteiger partial charge in [0.1, 0.15) is 5.75 Å². The molecule has 1 aliphatic heterocycles. The monoisotopic (exact) mass is 290 g/mol. The molecule has 0 saturated carbocycles. The van der Waals surface area contributed by atoms with Gasteiger partial charge in [0.25, 0.3) is 0 Å². The molecule has 1 amide bonds. The number of piperidine rings is 1. The molecule has 2 unspecified atom stereocenters. The van der Waals surface area contributed by atoms with Gasteiger partial charge in [0, 0.05) is 13.6 Å². The third-order valence-corrected chi connectivity index (χ3v) is 4.32. The Kier molecular flexibility index (Phi) is 5.62. The molecule has 1 fully saturated rings. The summed E-state index contributed by atoms with van der Waals surface area (Å²) in [5.41, 5.74) is 1.09. The fraction of sp³-hybridized carbons (Fsp3) is 0.588. The minimum absolute atomic E-state index is 0.0284. The number of rotatable bonds is 5. The second kappa shape index (κ2) is 7.46. The standard InChI is InChI=1S/C17H26N2O2/c1-4-13-8-9-18-16(11-13)17(20)19(2)12-14-6-5-7-15(10-14)21-3/h5-7,10,13,16,18H,4,8-9,11-12H2,1-3H3. The fourth-order valence-corrected chi connectivity index (χ4v) is 2.94. The predicted molar refractivity (Wildman–Crippen MR) is 84.3 cm³/mol. The lowest BCUT2D eigenvalue weighted by Gasteiger charge is -2.31. The number of methoxy groups -OCH3 is 1. The number of hydrogen-bond acceptors (Lipinski definition) is 3. The summed E-state index contributed by atoms with van der Waals surface area (Å²) >= 11 is 0. The van der Waals surface area contributed by atoms with Crippen LogP contribution in [0.2, 0.25) is 0 Å². The van der Waals surface area contributed by atoms with Gasteiger partial charge in [-0.3, -0.25) is 4.79 Å². The van der Waals surface area contributed by atoms with E-state index in [1.54, 1.807) is 7.11 Å². The minimum atomic E-state index is -0.0284. The van der Waals surface area contributed by atoms with Crippen LogP contribution < -0.4 is 10.1 Å². The van der Waals surface area contributed by atoms with Gasteiger partial charge in [-0.25, -0.2) is 0 Å². The number of carbonyl (C=O) groups excluding carboxylic acids is 1. The Hall–Kier alpha value is -1.55. The number of ether oxygens (including phenoxy) is 1. The van der Waals surface area contributed by atoms with Crippen LogP contribution in [-0.2, 0) is 11.3 Å². The summed E-state index contributed by atoms with van der Waals surface area (Å²) in [5, 5.41) is 3.36. The van der Waals surface area contributed by atoms with E-state index in [0.29, 0.717) is 12.5 Å². The lowest BCUT2D eigenvalue weighted by atomic mass is 9.90. The summed E-state index contributed by atoms with van der Waals surface area (Å²) in [6.07, 6.45) is 3.29. The summed E-state index contributed by atoms with van der Waals surface area (Å²) in [6, 6.07) is 7.85. The van der Waals surface area contributed by atoms with Crippen molar-refractivity contribution in [3.63, 3.8) is 0 Å². The van der Waals surface area contributed by atoms with E-state index in [0.717, 1.165) is 30.7 Å². The number of hydrogen-bond donors (Lipinski definition) is 1. The normalized spacial score (nSPS) is 21.9. The van der Waals surface area contributed by atoms with Gasteiger partial charge >= 0.3 is 0 Å². The van der Waals surface area contributed by atoms with Gasteiger partial charge in [-0.1, -0.05) is 25.5 Å². The SMILES string of the molecule is CCC1CCNC(C(=O)N(C)Cc2cccc(OC)c2)C1. The smallest absolute Gasteiger partial charge is 0.239 e. The van der Waals surface area contributed by atoms with Crippen molar-refractivity contribution in [2.75, 3.05) is 20.7 Å². The third-order valence-electron chi connectivity index (χ3n) is 4.32. The lowest BCUT2D eigenvalue weighted by molar-refractivity contribution is -0.133. The van der Waals surface area contributed by atoms with Gasteiger partial charge in [0.15, 0.2) is 0 Å². The van der Waals surface area contributed by atoms with Crippen molar-refractivity contribution in [1.29, 1.82) is 0 Å². The number of carbonyl (C=O) groups is 1. The summed E-state index contributed by atoms with van der Waals surface area (Å²) in [6.45, 7) is 3.77. The molecule has 2 atom stereocenters. The van der Waals surface area contributed by atoms with E-state index in [9.17, 15) is 4.79 Å². The van der Waals surface area contributed by atoms with Crippen LogP contribution in [0.3, 0.4) is 0 Å². The number of benzene rings is 1. The van der Waals surface area contributed by atoms with Crippen molar-refractivity contribution >= 4 is 5.91 Å². The number of amides is 1. The quantitative estimate of drug-likeness (QED) is 0.905. The molecule has 1 aromatic rings. The van der Waals surface area contributed by atoms with Crippen LogP contribution in [0.1, 0.15) is 31.7 Å². The molecule has 0 spiro atoms. The summed E-state index contributed by atoms with van der Waals surface area (Å²) in [4.78, 5) is 14.4. The molecule has 21 heavy (non-hydrogen) atoms. The van der Waals surface area contributed by atoms with Crippen LogP contribution in [0.15, 0.2) is 24.3 Å². The molecule has 4 nitrogen and oxygen atoms in total.